The van der Waals surface area contributed by atoms with E-state index in [-0.39, 0.29) is 47.1 Å². The van der Waals surface area contributed by atoms with E-state index >= 15 is 0 Å². The Morgan fingerprint density at radius 3 is 2.72 bits per heavy atom. The Labute approximate surface area is 204 Å². The molecule has 3 heterocycles. The summed E-state index contributed by atoms with van der Waals surface area (Å²) >= 11 is 0. The summed E-state index contributed by atoms with van der Waals surface area (Å²) < 4.78 is 36.2. The Bertz CT molecular complexity index is 1600. The van der Waals surface area contributed by atoms with E-state index in [4.69, 9.17) is 18.6 Å². The van der Waals surface area contributed by atoms with Gasteiger partial charge in [-0.25, -0.2) is 4.39 Å². The highest BCUT2D eigenvalue weighted by atomic mass is 19.1. The lowest BCUT2D eigenvalue weighted by atomic mass is 9.97. The molecule has 0 spiro atoms. The smallest absolute Gasteiger partial charge is 0.291 e. The number of ether oxygens (including phenoxy) is 3. The number of hydrogen-bond donors (Lipinski definition) is 1. The molecule has 182 valence electrons. The van der Waals surface area contributed by atoms with Crippen LogP contribution in [-0.2, 0) is 6.54 Å². The minimum absolute atomic E-state index is 0.0419. The molecule has 1 amide bonds. The number of carbonyl (C=O) groups excluding carboxylic acids is 1. The summed E-state index contributed by atoms with van der Waals surface area (Å²) in [5.74, 6) is 0.146. The molecule has 1 atom stereocenters. The average molecular weight is 489 g/mol. The fraction of sp³-hybridized carbons (Fsp3) is 0.185. The van der Waals surface area contributed by atoms with E-state index in [0.29, 0.717) is 23.7 Å². The van der Waals surface area contributed by atoms with Crippen molar-refractivity contribution in [2.75, 3.05) is 13.4 Å². The third kappa shape index (κ3) is 3.43. The molecule has 0 radical (unpaired) electrons. The quantitative estimate of drug-likeness (QED) is 0.440. The molecule has 6 rings (SSSR count). The minimum atomic E-state index is -0.860. The van der Waals surface area contributed by atoms with Crippen LogP contribution in [0.25, 0.3) is 11.0 Å². The zero-order chi connectivity index (χ0) is 25.0. The summed E-state index contributed by atoms with van der Waals surface area (Å²) in [4.78, 5) is 28.8. The van der Waals surface area contributed by atoms with Crippen LogP contribution in [0.4, 0.5) is 4.39 Å². The molecule has 0 bridgehead atoms. The summed E-state index contributed by atoms with van der Waals surface area (Å²) in [6, 6.07) is 12.8. The molecule has 0 unspecified atom stereocenters. The second-order valence-electron chi connectivity index (χ2n) is 8.50. The van der Waals surface area contributed by atoms with Crippen LogP contribution >= 0.6 is 0 Å². The lowest BCUT2D eigenvalue weighted by molar-refractivity contribution is 0.0714. The highest BCUT2D eigenvalue weighted by Crippen LogP contribution is 2.42. The van der Waals surface area contributed by atoms with Crippen molar-refractivity contribution in [2.24, 2.45) is 0 Å². The zero-order valence-corrected chi connectivity index (χ0v) is 19.1. The molecule has 9 heteroatoms. The standard InChI is InChI=1S/C27H20FNO7/c1-2-33-21-10-15(4-6-18(21)30)24-23-25(31)17-11-16(28)5-8-19(17)36-26(23)27(32)29(24)12-14-3-7-20-22(9-14)35-13-34-20/h3-11,24,30H,2,12-13H2,1H3/t24-/m0/s1. The predicted molar refractivity (Wildman–Crippen MR) is 126 cm³/mol. The Balaban J connectivity index is 1.53. The van der Waals surface area contributed by atoms with Crippen molar-refractivity contribution in [3.63, 3.8) is 0 Å². The number of hydrogen-bond acceptors (Lipinski definition) is 7. The SMILES string of the molecule is CCOc1cc([C@H]2c3c(oc4ccc(F)cc4c3=O)C(=O)N2Cc2ccc3c(c2)OCO3)ccc1O. The average Bonchev–Trinajstić information content (AvgIpc) is 3.44. The fourth-order valence-electron chi connectivity index (χ4n) is 4.71. The third-order valence-corrected chi connectivity index (χ3v) is 6.32. The van der Waals surface area contributed by atoms with E-state index in [2.05, 4.69) is 0 Å². The van der Waals surface area contributed by atoms with Crippen LogP contribution in [0.15, 0.2) is 63.8 Å². The highest BCUT2D eigenvalue weighted by Gasteiger charge is 2.43. The molecule has 8 nitrogen and oxygen atoms in total. The van der Waals surface area contributed by atoms with Crippen LogP contribution in [0.5, 0.6) is 23.0 Å². The maximum atomic E-state index is 14.0. The first-order valence-corrected chi connectivity index (χ1v) is 11.4. The van der Waals surface area contributed by atoms with E-state index in [1.807, 2.05) is 6.07 Å². The number of phenols is 1. The highest BCUT2D eigenvalue weighted by molar-refractivity contribution is 5.99. The Kier molecular flexibility index (Phi) is 5.06. The Hall–Kier alpha value is -4.53. The molecule has 0 saturated heterocycles. The van der Waals surface area contributed by atoms with Crippen molar-refractivity contribution in [1.29, 1.82) is 0 Å². The van der Waals surface area contributed by atoms with Gasteiger partial charge in [-0.1, -0.05) is 12.1 Å². The fourth-order valence-corrected chi connectivity index (χ4v) is 4.71. The molecule has 2 aliphatic rings. The molecular formula is C27H20FNO7. The van der Waals surface area contributed by atoms with Crippen LogP contribution in [0.1, 0.15) is 40.2 Å². The molecule has 1 aromatic heterocycles. The van der Waals surface area contributed by atoms with Gasteiger partial charge in [0.2, 0.25) is 12.6 Å². The molecule has 2 aliphatic heterocycles. The number of amides is 1. The third-order valence-electron chi connectivity index (χ3n) is 6.32. The van der Waals surface area contributed by atoms with E-state index in [1.54, 1.807) is 31.2 Å². The van der Waals surface area contributed by atoms with Gasteiger partial charge in [-0.3, -0.25) is 9.59 Å². The molecule has 1 N–H and O–H groups in total. The first-order valence-electron chi connectivity index (χ1n) is 11.4. The number of aromatic hydroxyl groups is 1. The van der Waals surface area contributed by atoms with Gasteiger partial charge in [0.1, 0.15) is 11.4 Å². The van der Waals surface area contributed by atoms with E-state index in [0.717, 1.165) is 11.6 Å². The van der Waals surface area contributed by atoms with Crippen LogP contribution < -0.4 is 19.6 Å². The molecule has 36 heavy (non-hydrogen) atoms. The molecule has 0 aliphatic carbocycles. The number of phenolic OH excluding ortho intramolecular Hbond substituents is 1. The lowest BCUT2D eigenvalue weighted by Crippen LogP contribution is -2.29. The van der Waals surface area contributed by atoms with Gasteiger partial charge >= 0.3 is 0 Å². The summed E-state index contributed by atoms with van der Waals surface area (Å²) in [6.07, 6.45) is 0. The predicted octanol–water partition coefficient (Wildman–Crippen LogP) is 4.51. The number of carbonyl (C=O) groups is 1. The summed E-state index contributed by atoms with van der Waals surface area (Å²) in [7, 11) is 0. The maximum Gasteiger partial charge on any atom is 0.291 e. The van der Waals surface area contributed by atoms with Crippen LogP contribution in [-0.4, -0.2) is 29.3 Å². The summed E-state index contributed by atoms with van der Waals surface area (Å²) in [6.45, 7) is 2.33. The molecule has 0 saturated carbocycles. The van der Waals surface area contributed by atoms with Crippen LogP contribution in [0.2, 0.25) is 0 Å². The van der Waals surface area contributed by atoms with Gasteiger partial charge in [0.05, 0.1) is 23.6 Å². The molecular weight excluding hydrogens is 469 g/mol. The van der Waals surface area contributed by atoms with E-state index < -0.39 is 23.2 Å². The van der Waals surface area contributed by atoms with Gasteiger partial charge in [-0.2, -0.15) is 0 Å². The maximum absolute atomic E-state index is 14.0. The molecule has 4 aromatic rings. The number of benzene rings is 3. The van der Waals surface area contributed by atoms with Crippen molar-refractivity contribution >= 4 is 16.9 Å². The van der Waals surface area contributed by atoms with Gasteiger partial charge in [0, 0.05) is 6.54 Å². The normalized spacial score (nSPS) is 16.0. The zero-order valence-electron chi connectivity index (χ0n) is 19.1. The van der Waals surface area contributed by atoms with Crippen molar-refractivity contribution in [3.8, 4) is 23.0 Å². The van der Waals surface area contributed by atoms with Crippen molar-refractivity contribution in [1.82, 2.24) is 4.90 Å². The van der Waals surface area contributed by atoms with E-state index in [1.165, 1.54) is 23.1 Å². The molecule has 3 aromatic carbocycles. The minimum Gasteiger partial charge on any atom is -0.504 e. The number of nitrogens with zero attached hydrogens (tertiary/aromatic N) is 1. The van der Waals surface area contributed by atoms with Gasteiger partial charge in [0.25, 0.3) is 5.91 Å². The number of halogens is 1. The molecule has 0 fully saturated rings. The summed E-state index contributed by atoms with van der Waals surface area (Å²) in [5.41, 5.74) is 1.01. The monoisotopic (exact) mass is 489 g/mol. The largest absolute Gasteiger partial charge is 0.504 e. The first kappa shape index (κ1) is 22.0. The topological polar surface area (TPSA) is 98.4 Å². The van der Waals surface area contributed by atoms with Crippen molar-refractivity contribution in [2.45, 2.75) is 19.5 Å². The van der Waals surface area contributed by atoms with Crippen LogP contribution in [0, 0.1) is 5.82 Å². The number of fused-ring (bicyclic) bond motifs is 3. The van der Waals surface area contributed by atoms with Crippen molar-refractivity contribution < 1.29 is 32.9 Å². The van der Waals surface area contributed by atoms with Gasteiger partial charge in [0.15, 0.2) is 28.4 Å². The van der Waals surface area contributed by atoms with Crippen molar-refractivity contribution in [3.05, 3.63) is 93.1 Å². The van der Waals surface area contributed by atoms with Crippen LogP contribution in [0.3, 0.4) is 0 Å². The van der Waals surface area contributed by atoms with Gasteiger partial charge < -0.3 is 28.6 Å². The van der Waals surface area contributed by atoms with E-state index in [9.17, 15) is 19.1 Å². The number of rotatable bonds is 5. The van der Waals surface area contributed by atoms with Gasteiger partial charge in [-0.05, 0) is 60.5 Å². The Morgan fingerprint density at radius 2 is 1.89 bits per heavy atom. The lowest BCUT2D eigenvalue weighted by Gasteiger charge is -2.26. The first-order chi connectivity index (χ1) is 17.4. The second kappa shape index (κ2) is 8.30. The summed E-state index contributed by atoms with van der Waals surface area (Å²) in [5, 5.41) is 10.3. The van der Waals surface area contributed by atoms with Gasteiger partial charge in [-0.15, -0.1) is 0 Å². The Morgan fingerprint density at radius 1 is 1.06 bits per heavy atom. The second-order valence-corrected chi connectivity index (χ2v) is 8.50.